The third-order valence-corrected chi connectivity index (χ3v) is 5.77. The third-order valence-electron chi connectivity index (χ3n) is 3.55. The van der Waals surface area contributed by atoms with Crippen molar-refractivity contribution < 1.29 is 13.2 Å². The second-order valence-corrected chi connectivity index (χ2v) is 8.32. The second-order valence-electron chi connectivity index (χ2n) is 5.33. The number of rotatable bonds is 3. The average Bonchev–Trinajstić information content (AvgIpc) is 2.92. The summed E-state index contributed by atoms with van der Waals surface area (Å²) >= 11 is 1.33. The topological polar surface area (TPSA) is 68.5 Å². The van der Waals surface area contributed by atoms with Crippen LogP contribution in [0.4, 0.5) is 0 Å². The Kier molecular flexibility index (Phi) is 4.57. The molecule has 3 rings (SSSR count). The summed E-state index contributed by atoms with van der Waals surface area (Å²) in [5, 5.41) is 0. The van der Waals surface area contributed by atoms with Gasteiger partial charge in [-0.2, -0.15) is 4.99 Å². The van der Waals surface area contributed by atoms with Gasteiger partial charge < -0.3 is 4.57 Å². The van der Waals surface area contributed by atoms with Gasteiger partial charge in [0.2, 0.25) is 0 Å². The minimum Gasteiger partial charge on any atom is -0.305 e. The van der Waals surface area contributed by atoms with E-state index in [1.165, 1.54) is 23.5 Å². The molecular formula is C18H14N2O3S2. The number of benzene rings is 2. The molecule has 3 aromatic rings. The van der Waals surface area contributed by atoms with Crippen molar-refractivity contribution in [1.82, 2.24) is 4.57 Å². The Morgan fingerprint density at radius 3 is 2.60 bits per heavy atom. The first-order valence-corrected chi connectivity index (χ1v) is 10.0. The standard InChI is InChI=1S/C18H14N2O3S2/c1-3-12-20-14-9-5-6-10-15(14)24-18(20)19-17(21)13-8-4-7-11-16(13)25(2,22)23/h1,4-11H,12H2,2H3. The number of para-hydroxylation sites is 1. The van der Waals surface area contributed by atoms with E-state index in [4.69, 9.17) is 6.42 Å². The highest BCUT2D eigenvalue weighted by atomic mass is 32.2. The summed E-state index contributed by atoms with van der Waals surface area (Å²) in [4.78, 5) is 17.2. The molecule has 126 valence electrons. The van der Waals surface area contributed by atoms with Crippen LogP contribution in [0, 0.1) is 12.3 Å². The van der Waals surface area contributed by atoms with Crippen molar-refractivity contribution in [3.8, 4) is 12.3 Å². The van der Waals surface area contributed by atoms with Gasteiger partial charge in [0.05, 0.1) is 27.2 Å². The highest BCUT2D eigenvalue weighted by molar-refractivity contribution is 7.90. The number of carbonyl (C=O) groups excluding carboxylic acids is 1. The summed E-state index contributed by atoms with van der Waals surface area (Å²) in [5.74, 6) is 1.94. The predicted molar refractivity (Wildman–Crippen MR) is 98.1 cm³/mol. The van der Waals surface area contributed by atoms with E-state index in [1.807, 2.05) is 24.3 Å². The molecule has 0 bridgehead atoms. The van der Waals surface area contributed by atoms with Crippen molar-refractivity contribution in [2.24, 2.45) is 4.99 Å². The summed E-state index contributed by atoms with van der Waals surface area (Å²) in [6.45, 7) is 0.268. The molecule has 0 spiro atoms. The molecule has 1 amide bonds. The van der Waals surface area contributed by atoms with Crippen LogP contribution in [0.25, 0.3) is 10.2 Å². The Hall–Kier alpha value is -2.69. The fourth-order valence-corrected chi connectivity index (χ4v) is 4.37. The number of nitrogens with zero attached hydrogens (tertiary/aromatic N) is 2. The van der Waals surface area contributed by atoms with Gasteiger partial charge in [-0.05, 0) is 24.3 Å². The first-order valence-electron chi connectivity index (χ1n) is 7.32. The predicted octanol–water partition coefficient (Wildman–Crippen LogP) is 2.48. The van der Waals surface area contributed by atoms with Crippen LogP contribution in [0.1, 0.15) is 10.4 Å². The maximum Gasteiger partial charge on any atom is 0.280 e. The molecule has 0 aliphatic heterocycles. The second kappa shape index (κ2) is 6.67. The first kappa shape index (κ1) is 17.1. The maximum absolute atomic E-state index is 12.6. The monoisotopic (exact) mass is 370 g/mol. The summed E-state index contributed by atoms with van der Waals surface area (Å²) in [6, 6.07) is 13.6. The average molecular weight is 370 g/mol. The Morgan fingerprint density at radius 1 is 1.20 bits per heavy atom. The molecule has 5 nitrogen and oxygen atoms in total. The van der Waals surface area contributed by atoms with Crippen molar-refractivity contribution in [2.45, 2.75) is 11.4 Å². The van der Waals surface area contributed by atoms with Crippen LogP contribution in [0.15, 0.2) is 58.4 Å². The van der Waals surface area contributed by atoms with Gasteiger partial charge in [-0.15, -0.1) is 6.42 Å². The number of thiazole rings is 1. The lowest BCUT2D eigenvalue weighted by atomic mass is 10.2. The van der Waals surface area contributed by atoms with Crippen molar-refractivity contribution >= 4 is 37.3 Å². The van der Waals surface area contributed by atoms with E-state index in [2.05, 4.69) is 10.9 Å². The number of hydrogen-bond donors (Lipinski definition) is 0. The van der Waals surface area contributed by atoms with Gasteiger partial charge in [-0.1, -0.05) is 41.5 Å². The number of carbonyl (C=O) groups is 1. The Bertz CT molecular complexity index is 1180. The van der Waals surface area contributed by atoms with E-state index in [-0.39, 0.29) is 17.0 Å². The van der Waals surface area contributed by atoms with Crippen LogP contribution in [-0.2, 0) is 16.4 Å². The van der Waals surface area contributed by atoms with Gasteiger partial charge in [-0.25, -0.2) is 8.42 Å². The molecule has 0 unspecified atom stereocenters. The molecule has 1 aromatic heterocycles. The zero-order valence-electron chi connectivity index (χ0n) is 13.3. The van der Waals surface area contributed by atoms with Crippen molar-refractivity contribution in [1.29, 1.82) is 0 Å². The van der Waals surface area contributed by atoms with Crippen LogP contribution in [-0.4, -0.2) is 25.1 Å². The Balaban J connectivity index is 2.20. The van der Waals surface area contributed by atoms with Crippen molar-refractivity contribution in [2.75, 3.05) is 6.26 Å². The fraction of sp³-hybridized carbons (Fsp3) is 0.111. The molecule has 0 aliphatic carbocycles. The van der Waals surface area contributed by atoms with E-state index in [9.17, 15) is 13.2 Å². The van der Waals surface area contributed by atoms with E-state index in [0.717, 1.165) is 16.5 Å². The minimum atomic E-state index is -3.53. The van der Waals surface area contributed by atoms with E-state index in [0.29, 0.717) is 4.80 Å². The molecule has 0 N–H and O–H groups in total. The van der Waals surface area contributed by atoms with Crippen LogP contribution in [0.3, 0.4) is 0 Å². The van der Waals surface area contributed by atoms with Gasteiger partial charge in [-0.3, -0.25) is 4.79 Å². The summed E-state index contributed by atoms with van der Waals surface area (Å²) in [5.41, 5.74) is 0.933. The van der Waals surface area contributed by atoms with Gasteiger partial charge in [0.25, 0.3) is 5.91 Å². The van der Waals surface area contributed by atoms with Crippen molar-refractivity contribution in [3.05, 3.63) is 58.9 Å². The van der Waals surface area contributed by atoms with Gasteiger partial charge in [0.15, 0.2) is 14.6 Å². The van der Waals surface area contributed by atoms with Crippen LogP contribution in [0.2, 0.25) is 0 Å². The lowest BCUT2D eigenvalue weighted by Gasteiger charge is -2.04. The number of sulfone groups is 1. The zero-order valence-corrected chi connectivity index (χ0v) is 15.0. The summed E-state index contributed by atoms with van der Waals surface area (Å²) < 4.78 is 26.5. The fourth-order valence-electron chi connectivity index (χ4n) is 2.46. The molecule has 0 fully saturated rings. The normalized spacial score (nSPS) is 12.2. The van der Waals surface area contributed by atoms with Crippen molar-refractivity contribution in [3.63, 3.8) is 0 Å². The molecule has 0 saturated heterocycles. The maximum atomic E-state index is 12.6. The number of amides is 1. The van der Waals surface area contributed by atoms with Crippen LogP contribution < -0.4 is 4.80 Å². The van der Waals surface area contributed by atoms with E-state index >= 15 is 0 Å². The van der Waals surface area contributed by atoms with E-state index in [1.54, 1.807) is 16.7 Å². The summed E-state index contributed by atoms with van der Waals surface area (Å²) in [7, 11) is -3.53. The van der Waals surface area contributed by atoms with E-state index < -0.39 is 15.7 Å². The van der Waals surface area contributed by atoms with Gasteiger partial charge >= 0.3 is 0 Å². The Morgan fingerprint density at radius 2 is 1.88 bits per heavy atom. The molecule has 1 heterocycles. The van der Waals surface area contributed by atoms with Gasteiger partial charge in [0.1, 0.15) is 0 Å². The minimum absolute atomic E-state index is 0.0339. The lowest BCUT2D eigenvalue weighted by molar-refractivity contribution is 0.0995. The molecule has 2 aromatic carbocycles. The lowest BCUT2D eigenvalue weighted by Crippen LogP contribution is -2.17. The highest BCUT2D eigenvalue weighted by Crippen LogP contribution is 2.18. The number of fused-ring (bicyclic) bond motifs is 1. The zero-order chi connectivity index (χ0) is 18.0. The molecule has 0 atom stereocenters. The highest BCUT2D eigenvalue weighted by Gasteiger charge is 2.18. The molecule has 25 heavy (non-hydrogen) atoms. The summed E-state index contributed by atoms with van der Waals surface area (Å²) in [6.07, 6.45) is 6.50. The number of terminal acetylenes is 1. The quantitative estimate of drug-likeness (QED) is 0.665. The van der Waals surface area contributed by atoms with Crippen LogP contribution in [0.5, 0.6) is 0 Å². The molecular weight excluding hydrogens is 356 g/mol. The smallest absolute Gasteiger partial charge is 0.280 e. The first-order chi connectivity index (χ1) is 11.9. The van der Waals surface area contributed by atoms with Crippen LogP contribution >= 0.6 is 11.3 Å². The molecule has 0 radical (unpaired) electrons. The molecule has 0 saturated carbocycles. The molecule has 7 heteroatoms. The largest absolute Gasteiger partial charge is 0.305 e. The SMILES string of the molecule is C#CCn1c(=NC(=O)c2ccccc2S(C)(=O)=O)sc2ccccc21. The number of aromatic nitrogens is 1. The van der Waals surface area contributed by atoms with Gasteiger partial charge in [0, 0.05) is 6.26 Å². The third kappa shape index (κ3) is 3.40. The molecule has 0 aliphatic rings. The Labute approximate surface area is 149 Å². The number of hydrogen-bond acceptors (Lipinski definition) is 4.